The van der Waals surface area contributed by atoms with E-state index in [0.717, 1.165) is 0 Å². The van der Waals surface area contributed by atoms with Gasteiger partial charge in [-0.25, -0.2) is 0 Å². The number of hydrogen-bond donors (Lipinski definition) is 0. The van der Waals surface area contributed by atoms with E-state index in [1.165, 1.54) is 16.7 Å². The molecule has 3 aromatic carbocycles. The molecule has 0 bridgehead atoms. The summed E-state index contributed by atoms with van der Waals surface area (Å²) in [5, 5.41) is 0. The van der Waals surface area contributed by atoms with Crippen molar-refractivity contribution in [1.29, 1.82) is 0 Å². The van der Waals surface area contributed by atoms with Crippen molar-refractivity contribution in [1.82, 2.24) is 0 Å². The minimum atomic E-state index is 0.0258. The van der Waals surface area contributed by atoms with E-state index in [4.69, 9.17) is 4.99 Å². The Hall–Kier alpha value is -2.93. The summed E-state index contributed by atoms with van der Waals surface area (Å²) in [5.41, 5.74) is 3.57. The van der Waals surface area contributed by atoms with Gasteiger partial charge in [0.15, 0.2) is 0 Å². The van der Waals surface area contributed by atoms with Crippen LogP contribution in [0.25, 0.3) is 6.08 Å². The highest BCUT2D eigenvalue weighted by atomic mass is 14.8. The average Bonchev–Trinajstić information content (AvgIpc) is 2.64. The van der Waals surface area contributed by atoms with Crippen molar-refractivity contribution in [3.63, 3.8) is 0 Å². The number of nitrogens with zero attached hydrogens (tertiary/aromatic N) is 1. The fourth-order valence-electron chi connectivity index (χ4n) is 2.49. The van der Waals surface area contributed by atoms with Crippen LogP contribution in [0.3, 0.4) is 0 Å². The van der Waals surface area contributed by atoms with Gasteiger partial charge >= 0.3 is 0 Å². The summed E-state index contributed by atoms with van der Waals surface area (Å²) in [5.74, 6) is 0. The van der Waals surface area contributed by atoms with E-state index in [-0.39, 0.29) is 6.04 Å². The molecule has 0 aromatic heterocycles. The van der Waals surface area contributed by atoms with Crippen molar-refractivity contribution < 1.29 is 0 Å². The molecule has 1 heteroatoms. The summed E-state index contributed by atoms with van der Waals surface area (Å²) in [6.45, 7) is 0. The smallest absolute Gasteiger partial charge is 0.0999 e. The van der Waals surface area contributed by atoms with E-state index in [9.17, 15) is 0 Å². The van der Waals surface area contributed by atoms with Crippen molar-refractivity contribution >= 4 is 12.3 Å². The third-order valence-corrected chi connectivity index (χ3v) is 3.64. The van der Waals surface area contributed by atoms with Crippen LogP contribution in [0.2, 0.25) is 0 Å². The Balaban J connectivity index is 1.82. The van der Waals surface area contributed by atoms with Gasteiger partial charge in [-0.2, -0.15) is 0 Å². The Labute approximate surface area is 137 Å². The summed E-state index contributed by atoms with van der Waals surface area (Å²) >= 11 is 0. The number of hydrogen-bond acceptors (Lipinski definition) is 1. The first-order valence-electron chi connectivity index (χ1n) is 7.78. The summed E-state index contributed by atoms with van der Waals surface area (Å²) in [4.78, 5) is 4.77. The first-order chi connectivity index (χ1) is 11.4. The van der Waals surface area contributed by atoms with E-state index < -0.39 is 0 Å². The fourth-order valence-corrected chi connectivity index (χ4v) is 2.49. The van der Waals surface area contributed by atoms with Crippen molar-refractivity contribution in [2.45, 2.75) is 6.04 Å². The summed E-state index contributed by atoms with van der Waals surface area (Å²) in [6.07, 6.45) is 5.95. The lowest BCUT2D eigenvalue weighted by atomic mass is 9.99. The largest absolute Gasteiger partial charge is 0.280 e. The molecule has 0 saturated carbocycles. The van der Waals surface area contributed by atoms with E-state index in [0.29, 0.717) is 0 Å². The van der Waals surface area contributed by atoms with Crippen LogP contribution in [0.5, 0.6) is 0 Å². The molecule has 0 saturated heterocycles. The van der Waals surface area contributed by atoms with Crippen molar-refractivity contribution in [2.24, 2.45) is 4.99 Å². The van der Waals surface area contributed by atoms with Crippen molar-refractivity contribution in [3.05, 3.63) is 114 Å². The average molecular weight is 297 g/mol. The van der Waals surface area contributed by atoms with Gasteiger partial charge in [0.25, 0.3) is 0 Å². The van der Waals surface area contributed by atoms with Gasteiger partial charge in [0.2, 0.25) is 0 Å². The van der Waals surface area contributed by atoms with Gasteiger partial charge in [0.05, 0.1) is 6.04 Å². The minimum absolute atomic E-state index is 0.0258. The van der Waals surface area contributed by atoms with Gasteiger partial charge in [-0.05, 0) is 22.8 Å². The first-order valence-corrected chi connectivity index (χ1v) is 7.78. The van der Waals surface area contributed by atoms with Crippen LogP contribution < -0.4 is 0 Å². The van der Waals surface area contributed by atoms with E-state index in [1.807, 2.05) is 42.6 Å². The first kappa shape index (κ1) is 15.0. The molecule has 0 heterocycles. The zero-order valence-electron chi connectivity index (χ0n) is 12.9. The van der Waals surface area contributed by atoms with Gasteiger partial charge < -0.3 is 0 Å². The quantitative estimate of drug-likeness (QED) is 0.547. The van der Waals surface area contributed by atoms with Crippen LogP contribution in [0.1, 0.15) is 22.7 Å². The van der Waals surface area contributed by atoms with Crippen LogP contribution in [0.15, 0.2) is 102 Å². The Bertz CT molecular complexity index is 719. The Kier molecular flexibility index (Phi) is 5.15. The third-order valence-electron chi connectivity index (χ3n) is 3.64. The molecule has 0 unspecified atom stereocenters. The van der Waals surface area contributed by atoms with Crippen LogP contribution in [-0.4, -0.2) is 6.21 Å². The van der Waals surface area contributed by atoms with Gasteiger partial charge in [-0.1, -0.05) is 97.1 Å². The van der Waals surface area contributed by atoms with Crippen molar-refractivity contribution in [3.8, 4) is 0 Å². The molecule has 0 amide bonds. The molecule has 0 aliphatic rings. The zero-order chi connectivity index (χ0) is 15.7. The standard InChI is InChI=1S/C22H19N/c1-4-11-19(12-5-1)13-10-18-23-22(20-14-6-2-7-15-20)21-16-8-3-9-17-21/h1-18,22H. The predicted octanol–water partition coefficient (Wildman–Crippen LogP) is 5.56. The Morgan fingerprint density at radius 2 is 1.09 bits per heavy atom. The van der Waals surface area contributed by atoms with Gasteiger partial charge in [-0.3, -0.25) is 4.99 Å². The molecule has 0 aliphatic heterocycles. The Morgan fingerprint density at radius 1 is 0.609 bits per heavy atom. The predicted molar refractivity (Wildman–Crippen MR) is 98.7 cm³/mol. The maximum absolute atomic E-state index is 4.77. The van der Waals surface area contributed by atoms with Gasteiger partial charge in [0, 0.05) is 6.21 Å². The molecule has 1 nitrogen and oxygen atoms in total. The zero-order valence-corrected chi connectivity index (χ0v) is 12.9. The third kappa shape index (κ3) is 4.27. The van der Waals surface area contributed by atoms with E-state index >= 15 is 0 Å². The molecule has 3 rings (SSSR count). The summed E-state index contributed by atoms with van der Waals surface area (Å²) in [7, 11) is 0. The van der Waals surface area contributed by atoms with Gasteiger partial charge in [-0.15, -0.1) is 0 Å². The fraction of sp³-hybridized carbons (Fsp3) is 0.0455. The molecule has 0 spiro atoms. The van der Waals surface area contributed by atoms with Crippen LogP contribution in [0.4, 0.5) is 0 Å². The Morgan fingerprint density at radius 3 is 1.61 bits per heavy atom. The van der Waals surface area contributed by atoms with E-state index in [2.05, 4.69) is 66.7 Å². The number of allylic oxidation sites excluding steroid dienone is 1. The normalized spacial score (nSPS) is 11.5. The molecule has 0 N–H and O–H groups in total. The molecule has 3 aromatic rings. The van der Waals surface area contributed by atoms with Crippen LogP contribution in [-0.2, 0) is 0 Å². The maximum Gasteiger partial charge on any atom is 0.0999 e. The summed E-state index contributed by atoms with van der Waals surface area (Å²) < 4.78 is 0. The highest BCUT2D eigenvalue weighted by Gasteiger charge is 2.10. The molecule has 112 valence electrons. The second-order valence-corrected chi connectivity index (χ2v) is 5.29. The second kappa shape index (κ2) is 7.90. The number of rotatable bonds is 5. The highest BCUT2D eigenvalue weighted by molar-refractivity contribution is 5.78. The molecule has 0 aliphatic carbocycles. The minimum Gasteiger partial charge on any atom is -0.280 e. The van der Waals surface area contributed by atoms with E-state index in [1.54, 1.807) is 0 Å². The van der Waals surface area contributed by atoms with Crippen LogP contribution in [0, 0.1) is 0 Å². The monoisotopic (exact) mass is 297 g/mol. The second-order valence-electron chi connectivity index (χ2n) is 5.29. The maximum atomic E-state index is 4.77. The number of aliphatic imine (C=N–C) groups is 1. The lowest BCUT2D eigenvalue weighted by Crippen LogP contribution is -1.97. The highest BCUT2D eigenvalue weighted by Crippen LogP contribution is 2.25. The lowest BCUT2D eigenvalue weighted by molar-refractivity contribution is 0.879. The topological polar surface area (TPSA) is 12.4 Å². The van der Waals surface area contributed by atoms with Crippen LogP contribution >= 0.6 is 0 Å². The SMILES string of the molecule is C(=Cc1ccccc1)C=NC(c1ccccc1)c1ccccc1. The molecular weight excluding hydrogens is 278 g/mol. The molecule has 23 heavy (non-hydrogen) atoms. The van der Waals surface area contributed by atoms with Crippen molar-refractivity contribution in [2.75, 3.05) is 0 Å². The molecule has 0 fully saturated rings. The lowest BCUT2D eigenvalue weighted by Gasteiger charge is -2.12. The van der Waals surface area contributed by atoms with Gasteiger partial charge in [0.1, 0.15) is 0 Å². The number of benzene rings is 3. The summed E-state index contributed by atoms with van der Waals surface area (Å²) in [6, 6.07) is 31.0. The molecule has 0 atom stereocenters. The molecular formula is C22H19N. The molecule has 0 radical (unpaired) electrons.